The number of piperidine rings is 1. The maximum Gasteiger partial charge on any atom is 0.244 e. The van der Waals surface area contributed by atoms with Crippen molar-refractivity contribution in [2.75, 3.05) is 13.1 Å². The molecule has 5 nitrogen and oxygen atoms in total. The van der Waals surface area contributed by atoms with Gasteiger partial charge in [-0.15, -0.1) is 0 Å². The van der Waals surface area contributed by atoms with Crippen molar-refractivity contribution in [1.29, 1.82) is 0 Å². The molecule has 1 atom stereocenters. The lowest BCUT2D eigenvalue weighted by Crippen LogP contribution is -2.43. The van der Waals surface area contributed by atoms with Crippen molar-refractivity contribution in [1.82, 2.24) is 10.4 Å². The number of benzene rings is 1. The Morgan fingerprint density at radius 2 is 2.10 bits per heavy atom. The van der Waals surface area contributed by atoms with Gasteiger partial charge < -0.3 is 4.90 Å². The first-order chi connectivity index (χ1) is 10.2. The minimum absolute atomic E-state index is 0.0397. The summed E-state index contributed by atoms with van der Waals surface area (Å²) in [6.45, 7) is 1.50. The Morgan fingerprint density at radius 3 is 2.81 bits per heavy atom. The van der Waals surface area contributed by atoms with Crippen LogP contribution in [0.15, 0.2) is 30.3 Å². The van der Waals surface area contributed by atoms with Gasteiger partial charge in [0.25, 0.3) is 0 Å². The molecule has 0 saturated carbocycles. The highest BCUT2D eigenvalue weighted by Gasteiger charge is 2.29. The summed E-state index contributed by atoms with van der Waals surface area (Å²) in [5.41, 5.74) is 2.88. The van der Waals surface area contributed by atoms with Crippen LogP contribution in [-0.2, 0) is 16.0 Å². The fraction of sp³-hybridized carbons (Fsp3) is 0.500. The van der Waals surface area contributed by atoms with Crippen LogP contribution in [-0.4, -0.2) is 35.0 Å². The first-order valence-electron chi connectivity index (χ1n) is 7.46. The van der Waals surface area contributed by atoms with Crippen LogP contribution in [0.4, 0.5) is 0 Å². The summed E-state index contributed by atoms with van der Waals surface area (Å²) in [6.07, 6.45) is 3.59. The number of carbonyl (C=O) groups excluding carboxylic acids is 2. The molecule has 2 rings (SSSR count). The first-order valence-corrected chi connectivity index (χ1v) is 7.46. The molecule has 1 unspecified atom stereocenters. The predicted octanol–water partition coefficient (Wildman–Crippen LogP) is 1.75. The lowest BCUT2D eigenvalue weighted by molar-refractivity contribution is -0.143. The minimum Gasteiger partial charge on any atom is -0.342 e. The van der Waals surface area contributed by atoms with E-state index in [1.807, 2.05) is 23.1 Å². The van der Waals surface area contributed by atoms with E-state index < -0.39 is 5.91 Å². The van der Waals surface area contributed by atoms with Gasteiger partial charge in [-0.1, -0.05) is 30.3 Å². The molecular weight excluding hydrogens is 268 g/mol. The third kappa shape index (κ3) is 4.56. The molecule has 0 radical (unpaired) electrons. The summed E-state index contributed by atoms with van der Waals surface area (Å²) in [7, 11) is 0. The number of hydroxylamine groups is 1. The van der Waals surface area contributed by atoms with Crippen molar-refractivity contribution in [2.24, 2.45) is 5.92 Å². The molecule has 1 aromatic rings. The number of nitrogens with one attached hydrogen (secondary N) is 1. The van der Waals surface area contributed by atoms with Crippen LogP contribution in [0.3, 0.4) is 0 Å². The molecule has 2 N–H and O–H groups in total. The summed E-state index contributed by atoms with van der Waals surface area (Å²) >= 11 is 0. The largest absolute Gasteiger partial charge is 0.342 e. The summed E-state index contributed by atoms with van der Waals surface area (Å²) in [6, 6.07) is 10.2. The molecule has 1 heterocycles. The minimum atomic E-state index is -0.487. The number of hydrogen-bond acceptors (Lipinski definition) is 3. The summed E-state index contributed by atoms with van der Waals surface area (Å²) < 4.78 is 0. The monoisotopic (exact) mass is 290 g/mol. The molecule has 2 amide bonds. The first kappa shape index (κ1) is 15.5. The molecule has 0 spiro atoms. The van der Waals surface area contributed by atoms with E-state index in [-0.39, 0.29) is 18.2 Å². The molecule has 1 fully saturated rings. The molecule has 5 heteroatoms. The highest BCUT2D eigenvalue weighted by atomic mass is 16.5. The van der Waals surface area contributed by atoms with Crippen molar-refractivity contribution >= 4 is 11.8 Å². The standard InChI is InChI=1S/C16H22N2O3/c19-15(17-21)12-14-9-5-11-18(16(14)20)10-4-8-13-6-2-1-3-7-13/h1-3,6-7,14,21H,4-5,8-12H2,(H,17,19). The van der Waals surface area contributed by atoms with Gasteiger partial charge >= 0.3 is 0 Å². The Balaban J connectivity index is 1.80. The number of carbonyl (C=O) groups is 2. The number of hydrogen-bond donors (Lipinski definition) is 2. The maximum absolute atomic E-state index is 12.3. The summed E-state index contributed by atoms with van der Waals surface area (Å²) in [4.78, 5) is 25.3. The third-order valence-corrected chi connectivity index (χ3v) is 3.93. The second-order valence-corrected chi connectivity index (χ2v) is 5.49. The van der Waals surface area contributed by atoms with E-state index >= 15 is 0 Å². The zero-order valence-corrected chi connectivity index (χ0v) is 12.1. The average Bonchev–Trinajstić information content (AvgIpc) is 2.52. The second kappa shape index (κ2) is 7.78. The van der Waals surface area contributed by atoms with Crippen LogP contribution in [0, 0.1) is 5.92 Å². The Hall–Kier alpha value is -1.88. The number of rotatable bonds is 6. The van der Waals surface area contributed by atoms with Crippen molar-refractivity contribution < 1.29 is 14.8 Å². The molecule has 21 heavy (non-hydrogen) atoms. The Kier molecular flexibility index (Phi) is 5.75. The van der Waals surface area contributed by atoms with Crippen LogP contribution in [0.25, 0.3) is 0 Å². The van der Waals surface area contributed by atoms with E-state index in [0.717, 1.165) is 38.8 Å². The van der Waals surface area contributed by atoms with E-state index in [4.69, 9.17) is 5.21 Å². The number of amides is 2. The lowest BCUT2D eigenvalue weighted by Gasteiger charge is -2.32. The fourth-order valence-electron chi connectivity index (χ4n) is 2.82. The van der Waals surface area contributed by atoms with Gasteiger partial charge in [0.1, 0.15) is 0 Å². The summed E-state index contributed by atoms with van der Waals surface area (Å²) in [5.74, 6) is -0.736. The Labute approximate surface area is 124 Å². The van der Waals surface area contributed by atoms with Gasteiger partial charge in [0, 0.05) is 25.4 Å². The van der Waals surface area contributed by atoms with Crippen LogP contribution >= 0.6 is 0 Å². The predicted molar refractivity (Wildman–Crippen MR) is 78.6 cm³/mol. The zero-order chi connectivity index (χ0) is 15.1. The van der Waals surface area contributed by atoms with Crippen molar-refractivity contribution in [2.45, 2.75) is 32.1 Å². The highest BCUT2D eigenvalue weighted by molar-refractivity contribution is 5.85. The molecular formula is C16H22N2O3. The Morgan fingerprint density at radius 1 is 1.33 bits per heavy atom. The van der Waals surface area contributed by atoms with Gasteiger partial charge in [0.05, 0.1) is 0 Å². The van der Waals surface area contributed by atoms with Crippen molar-refractivity contribution in [3.8, 4) is 0 Å². The van der Waals surface area contributed by atoms with E-state index in [0.29, 0.717) is 0 Å². The molecule has 0 aliphatic carbocycles. The van der Waals surface area contributed by atoms with Crippen LogP contribution < -0.4 is 5.48 Å². The lowest BCUT2D eigenvalue weighted by atomic mass is 9.93. The average molecular weight is 290 g/mol. The topological polar surface area (TPSA) is 69.6 Å². The van der Waals surface area contributed by atoms with Crippen LogP contribution in [0.5, 0.6) is 0 Å². The normalized spacial score (nSPS) is 18.6. The van der Waals surface area contributed by atoms with Gasteiger partial charge in [0.15, 0.2) is 0 Å². The number of nitrogens with zero attached hydrogens (tertiary/aromatic N) is 1. The van der Waals surface area contributed by atoms with E-state index in [9.17, 15) is 9.59 Å². The quantitative estimate of drug-likeness (QED) is 0.619. The van der Waals surface area contributed by atoms with Crippen molar-refractivity contribution in [3.05, 3.63) is 35.9 Å². The van der Waals surface area contributed by atoms with Gasteiger partial charge in [-0.05, 0) is 31.2 Å². The second-order valence-electron chi connectivity index (χ2n) is 5.49. The van der Waals surface area contributed by atoms with E-state index in [1.165, 1.54) is 5.56 Å². The molecule has 1 aliphatic rings. The fourth-order valence-corrected chi connectivity index (χ4v) is 2.82. The molecule has 114 valence electrons. The van der Waals surface area contributed by atoms with Gasteiger partial charge in [-0.25, -0.2) is 5.48 Å². The van der Waals surface area contributed by atoms with E-state index in [1.54, 1.807) is 5.48 Å². The number of aryl methyl sites for hydroxylation is 1. The van der Waals surface area contributed by atoms with Gasteiger partial charge in [0.2, 0.25) is 11.8 Å². The molecule has 0 aromatic heterocycles. The third-order valence-electron chi connectivity index (χ3n) is 3.93. The van der Waals surface area contributed by atoms with E-state index in [2.05, 4.69) is 12.1 Å². The van der Waals surface area contributed by atoms with Gasteiger partial charge in [-0.2, -0.15) is 0 Å². The van der Waals surface area contributed by atoms with Crippen molar-refractivity contribution in [3.63, 3.8) is 0 Å². The highest BCUT2D eigenvalue weighted by Crippen LogP contribution is 2.21. The van der Waals surface area contributed by atoms with Crippen LogP contribution in [0.1, 0.15) is 31.2 Å². The number of likely N-dealkylation sites (tertiary alicyclic amines) is 1. The Bertz CT molecular complexity index is 476. The molecule has 1 aliphatic heterocycles. The SMILES string of the molecule is O=C(CC1CCCN(CCCc2ccccc2)C1=O)NO. The zero-order valence-electron chi connectivity index (χ0n) is 12.1. The molecule has 1 aromatic carbocycles. The maximum atomic E-state index is 12.3. The molecule has 0 bridgehead atoms. The smallest absolute Gasteiger partial charge is 0.244 e. The van der Waals surface area contributed by atoms with Gasteiger partial charge in [-0.3, -0.25) is 14.8 Å². The summed E-state index contributed by atoms with van der Waals surface area (Å²) in [5, 5.41) is 8.56. The molecule has 1 saturated heterocycles. The van der Waals surface area contributed by atoms with Crippen LogP contribution in [0.2, 0.25) is 0 Å².